The highest BCUT2D eigenvalue weighted by Gasteiger charge is 2.06. The summed E-state index contributed by atoms with van der Waals surface area (Å²) in [5.74, 6) is 0.624. The van der Waals surface area contributed by atoms with E-state index in [0.717, 1.165) is 0 Å². The molecule has 0 fully saturated rings. The number of hydrogen-bond acceptors (Lipinski definition) is 8. The normalized spacial score (nSPS) is 11.0. The van der Waals surface area contributed by atoms with Crippen molar-refractivity contribution >= 4 is 21.7 Å². The molecule has 0 bridgehead atoms. The van der Waals surface area contributed by atoms with Crippen LogP contribution in [-0.4, -0.2) is 56.1 Å². The molecule has 0 saturated carbocycles. The van der Waals surface area contributed by atoms with E-state index in [1.165, 1.54) is 13.4 Å². The minimum Gasteiger partial charge on any atom is -0.467 e. The Bertz CT molecular complexity index is 454. The molecule has 0 atom stereocenters. The summed E-state index contributed by atoms with van der Waals surface area (Å²) < 4.78 is 26.8. The van der Waals surface area contributed by atoms with Gasteiger partial charge in [0.05, 0.1) is 12.9 Å². The molecular weight excluding hydrogens is 246 g/mol. The highest BCUT2D eigenvalue weighted by atomic mass is 32.2. The number of anilines is 2. The van der Waals surface area contributed by atoms with Crippen molar-refractivity contribution in [2.45, 2.75) is 0 Å². The van der Waals surface area contributed by atoms with Crippen LogP contribution in [-0.2, 0) is 9.84 Å². The molecule has 0 radical (unpaired) electrons. The molecule has 2 N–H and O–H groups in total. The van der Waals surface area contributed by atoms with E-state index in [1.807, 2.05) is 0 Å². The second kappa shape index (κ2) is 5.62. The Kier molecular flexibility index (Phi) is 4.44. The number of aromatic nitrogens is 3. The molecule has 0 amide bonds. The van der Waals surface area contributed by atoms with Gasteiger partial charge in [-0.2, -0.15) is 15.0 Å². The van der Waals surface area contributed by atoms with Crippen LogP contribution in [0, 0.1) is 0 Å². The summed E-state index contributed by atoms with van der Waals surface area (Å²) >= 11 is 0. The van der Waals surface area contributed by atoms with Gasteiger partial charge in [0.25, 0.3) is 0 Å². The van der Waals surface area contributed by atoms with Crippen LogP contribution in [0.5, 0.6) is 6.01 Å². The Hall–Kier alpha value is -1.64. The monoisotopic (exact) mass is 261 g/mol. The minimum absolute atomic E-state index is 0.00981. The SMILES string of the molecule is CNc1nc(NCCS(C)(=O)=O)nc(OC)n1. The summed E-state index contributed by atoms with van der Waals surface area (Å²) in [4.78, 5) is 11.8. The van der Waals surface area contributed by atoms with Crippen molar-refractivity contribution in [3.8, 4) is 6.01 Å². The Balaban J connectivity index is 2.70. The zero-order chi connectivity index (χ0) is 12.9. The lowest BCUT2D eigenvalue weighted by Gasteiger charge is -2.07. The summed E-state index contributed by atoms with van der Waals surface area (Å²) in [6.07, 6.45) is 1.17. The van der Waals surface area contributed by atoms with Crippen molar-refractivity contribution in [3.05, 3.63) is 0 Å². The van der Waals surface area contributed by atoms with Crippen LogP contribution in [0.2, 0.25) is 0 Å². The third-order valence-corrected chi connectivity index (χ3v) is 2.72. The van der Waals surface area contributed by atoms with E-state index in [0.29, 0.717) is 5.95 Å². The maximum Gasteiger partial charge on any atom is 0.322 e. The number of sulfone groups is 1. The van der Waals surface area contributed by atoms with Crippen molar-refractivity contribution in [2.75, 3.05) is 43.3 Å². The number of methoxy groups -OCH3 is 1. The standard InChI is InChI=1S/C8H15N5O3S/c1-9-6-11-7(13-8(12-6)16-2)10-4-5-17(3,14)15/h4-5H2,1-3H3,(H2,9,10,11,12,13). The maximum atomic E-state index is 10.9. The van der Waals surface area contributed by atoms with Gasteiger partial charge in [0.2, 0.25) is 11.9 Å². The molecule has 0 aliphatic rings. The smallest absolute Gasteiger partial charge is 0.322 e. The average molecular weight is 261 g/mol. The predicted octanol–water partition coefficient (Wildman–Crippen LogP) is -0.622. The van der Waals surface area contributed by atoms with Gasteiger partial charge in [-0.15, -0.1) is 0 Å². The van der Waals surface area contributed by atoms with E-state index >= 15 is 0 Å². The Morgan fingerprint density at radius 2 is 1.88 bits per heavy atom. The van der Waals surface area contributed by atoms with Crippen LogP contribution in [0.25, 0.3) is 0 Å². The first-order valence-electron chi connectivity index (χ1n) is 4.84. The largest absolute Gasteiger partial charge is 0.467 e. The molecule has 0 aromatic carbocycles. The van der Waals surface area contributed by atoms with E-state index in [9.17, 15) is 8.42 Å². The van der Waals surface area contributed by atoms with Gasteiger partial charge in [0, 0.05) is 19.8 Å². The zero-order valence-corrected chi connectivity index (χ0v) is 10.7. The quantitative estimate of drug-likeness (QED) is 0.697. The number of nitrogens with zero attached hydrogens (tertiary/aromatic N) is 3. The Morgan fingerprint density at radius 1 is 1.24 bits per heavy atom. The lowest BCUT2D eigenvalue weighted by molar-refractivity contribution is 0.379. The fourth-order valence-electron chi connectivity index (χ4n) is 0.987. The fourth-order valence-corrected chi connectivity index (χ4v) is 1.46. The third-order valence-electron chi connectivity index (χ3n) is 1.78. The zero-order valence-electron chi connectivity index (χ0n) is 9.89. The van der Waals surface area contributed by atoms with Crippen LogP contribution in [0.15, 0.2) is 0 Å². The van der Waals surface area contributed by atoms with Gasteiger partial charge in [0.1, 0.15) is 9.84 Å². The molecule has 9 heteroatoms. The van der Waals surface area contributed by atoms with E-state index in [-0.39, 0.29) is 24.3 Å². The molecule has 0 aliphatic heterocycles. The van der Waals surface area contributed by atoms with Gasteiger partial charge in [-0.1, -0.05) is 0 Å². The van der Waals surface area contributed by atoms with E-state index in [4.69, 9.17) is 4.74 Å². The predicted molar refractivity (Wildman–Crippen MR) is 64.1 cm³/mol. The fraction of sp³-hybridized carbons (Fsp3) is 0.625. The second-order valence-electron chi connectivity index (χ2n) is 3.28. The lowest BCUT2D eigenvalue weighted by atomic mass is 10.7. The molecule has 8 nitrogen and oxygen atoms in total. The first kappa shape index (κ1) is 13.4. The van der Waals surface area contributed by atoms with Crippen LogP contribution >= 0.6 is 0 Å². The molecule has 96 valence electrons. The van der Waals surface area contributed by atoms with E-state index in [2.05, 4.69) is 25.6 Å². The summed E-state index contributed by atoms with van der Waals surface area (Å²) in [7, 11) is 0.0951. The number of ether oxygens (including phenoxy) is 1. The van der Waals surface area contributed by atoms with Crippen molar-refractivity contribution in [1.82, 2.24) is 15.0 Å². The molecule has 0 saturated heterocycles. The highest BCUT2D eigenvalue weighted by molar-refractivity contribution is 7.90. The summed E-state index contributed by atoms with van der Waals surface area (Å²) in [6, 6.07) is 0.159. The van der Waals surface area contributed by atoms with Gasteiger partial charge in [0.15, 0.2) is 0 Å². The van der Waals surface area contributed by atoms with Crippen molar-refractivity contribution < 1.29 is 13.2 Å². The maximum absolute atomic E-state index is 10.9. The molecule has 1 aromatic rings. The lowest BCUT2D eigenvalue weighted by Crippen LogP contribution is -2.16. The molecule has 17 heavy (non-hydrogen) atoms. The van der Waals surface area contributed by atoms with Crippen LogP contribution in [0.4, 0.5) is 11.9 Å². The molecule has 1 rings (SSSR count). The Labute approximate surface area is 99.8 Å². The number of nitrogens with one attached hydrogen (secondary N) is 2. The minimum atomic E-state index is -3.01. The molecule has 0 unspecified atom stereocenters. The van der Waals surface area contributed by atoms with Gasteiger partial charge < -0.3 is 15.4 Å². The van der Waals surface area contributed by atoms with E-state index < -0.39 is 9.84 Å². The highest BCUT2D eigenvalue weighted by Crippen LogP contribution is 2.09. The van der Waals surface area contributed by atoms with Crippen molar-refractivity contribution in [2.24, 2.45) is 0 Å². The van der Waals surface area contributed by atoms with Crippen LogP contribution in [0.3, 0.4) is 0 Å². The van der Waals surface area contributed by atoms with Gasteiger partial charge >= 0.3 is 6.01 Å². The van der Waals surface area contributed by atoms with Gasteiger partial charge in [-0.3, -0.25) is 0 Å². The van der Waals surface area contributed by atoms with E-state index in [1.54, 1.807) is 7.05 Å². The average Bonchev–Trinajstić information content (AvgIpc) is 2.26. The molecule has 1 heterocycles. The molecular formula is C8H15N5O3S. The first-order valence-corrected chi connectivity index (χ1v) is 6.90. The van der Waals surface area contributed by atoms with Gasteiger partial charge in [-0.25, -0.2) is 8.42 Å². The second-order valence-corrected chi connectivity index (χ2v) is 5.54. The summed E-state index contributed by atoms with van der Waals surface area (Å²) in [6.45, 7) is 0.231. The Morgan fingerprint density at radius 3 is 2.41 bits per heavy atom. The van der Waals surface area contributed by atoms with Gasteiger partial charge in [-0.05, 0) is 0 Å². The molecule has 0 aliphatic carbocycles. The van der Waals surface area contributed by atoms with Crippen LogP contribution < -0.4 is 15.4 Å². The summed E-state index contributed by atoms with van der Waals surface area (Å²) in [5.41, 5.74) is 0. The molecule has 0 spiro atoms. The molecule has 1 aromatic heterocycles. The van der Waals surface area contributed by atoms with Crippen molar-refractivity contribution in [3.63, 3.8) is 0 Å². The third kappa shape index (κ3) is 4.81. The first-order chi connectivity index (χ1) is 7.94. The van der Waals surface area contributed by atoms with Crippen LogP contribution in [0.1, 0.15) is 0 Å². The van der Waals surface area contributed by atoms with Crippen molar-refractivity contribution in [1.29, 1.82) is 0 Å². The summed E-state index contributed by atoms with van der Waals surface area (Å²) in [5, 5.41) is 5.54. The number of rotatable bonds is 6. The topological polar surface area (TPSA) is 106 Å². The number of hydrogen-bond donors (Lipinski definition) is 2.